The van der Waals surface area contributed by atoms with E-state index in [1.165, 1.54) is 50.6 Å². The van der Waals surface area contributed by atoms with Gasteiger partial charge >= 0.3 is 29.8 Å². The van der Waals surface area contributed by atoms with E-state index in [1.54, 1.807) is 12.1 Å². The predicted octanol–water partition coefficient (Wildman–Crippen LogP) is 3.63. The van der Waals surface area contributed by atoms with Crippen LogP contribution in [0.1, 0.15) is 34.6 Å². The molecule has 0 saturated carbocycles. The molecule has 2 atom stereocenters. The third-order valence-corrected chi connectivity index (χ3v) is 6.38. The fourth-order valence-corrected chi connectivity index (χ4v) is 4.03. The van der Waals surface area contributed by atoms with Crippen molar-refractivity contribution in [3.63, 3.8) is 0 Å². The number of carboxylic acid groups (broad SMARTS) is 1. The van der Waals surface area contributed by atoms with Crippen molar-refractivity contribution < 1.29 is 62.3 Å². The number of aliphatic carboxylic acids is 1. The molecule has 3 aromatic rings. The van der Waals surface area contributed by atoms with Gasteiger partial charge in [-0.2, -0.15) is 0 Å². The van der Waals surface area contributed by atoms with Gasteiger partial charge in [-0.1, -0.05) is 0 Å². The van der Waals surface area contributed by atoms with Gasteiger partial charge < -0.3 is 38.8 Å². The monoisotopic (exact) mass is 735 g/mol. The molecule has 45 heavy (non-hydrogen) atoms. The Kier molecular flexibility index (Phi) is 11.8. The average Bonchev–Trinajstić information content (AvgIpc) is 2.99. The SMILES string of the molecule is COc1cc(C(=O)O[C@H](C(=O)O)[C@H](OC(=O)c2ccc(OC(C)=O)c(OC)c2)C(=O)Nc2ccc(I)cc2)ccc1OC(C)=O. The second-order valence-corrected chi connectivity index (χ2v) is 10.2. The van der Waals surface area contributed by atoms with Crippen LogP contribution in [0.25, 0.3) is 0 Å². The number of hydrogen-bond donors (Lipinski definition) is 2. The van der Waals surface area contributed by atoms with E-state index in [1.807, 2.05) is 22.6 Å². The lowest BCUT2D eigenvalue weighted by atomic mass is 10.1. The smallest absolute Gasteiger partial charge is 0.349 e. The van der Waals surface area contributed by atoms with Gasteiger partial charge in [0.15, 0.2) is 23.0 Å². The number of carboxylic acids is 1. The summed E-state index contributed by atoms with van der Waals surface area (Å²) in [5.41, 5.74) is -0.214. The summed E-state index contributed by atoms with van der Waals surface area (Å²) in [6.07, 6.45) is -4.55. The molecule has 0 aliphatic rings. The molecule has 0 aliphatic carbocycles. The van der Waals surface area contributed by atoms with E-state index in [9.17, 15) is 33.9 Å². The Morgan fingerprint density at radius 3 is 1.51 bits per heavy atom. The molecule has 0 aliphatic heterocycles. The van der Waals surface area contributed by atoms with Gasteiger partial charge in [0.2, 0.25) is 12.2 Å². The number of nitrogens with one attached hydrogen (secondary N) is 1. The number of carbonyl (C=O) groups excluding carboxylic acids is 5. The Bertz CT molecular complexity index is 1620. The molecule has 2 N–H and O–H groups in total. The summed E-state index contributed by atoms with van der Waals surface area (Å²) in [6, 6.07) is 13.5. The first-order valence-electron chi connectivity index (χ1n) is 12.8. The van der Waals surface area contributed by atoms with Crippen molar-refractivity contribution in [1.82, 2.24) is 0 Å². The van der Waals surface area contributed by atoms with Crippen LogP contribution in [0.3, 0.4) is 0 Å². The van der Waals surface area contributed by atoms with Crippen molar-refractivity contribution in [3.05, 3.63) is 75.4 Å². The first-order valence-corrected chi connectivity index (χ1v) is 13.8. The summed E-state index contributed by atoms with van der Waals surface area (Å²) in [7, 11) is 2.50. The van der Waals surface area contributed by atoms with Gasteiger partial charge in [0.05, 0.1) is 25.3 Å². The topological polar surface area (TPSA) is 190 Å². The second-order valence-electron chi connectivity index (χ2n) is 8.90. The Hall–Kier alpha value is -5.19. The van der Waals surface area contributed by atoms with Gasteiger partial charge in [0, 0.05) is 23.1 Å². The highest BCUT2D eigenvalue weighted by Gasteiger charge is 2.41. The Balaban J connectivity index is 1.96. The van der Waals surface area contributed by atoms with Crippen molar-refractivity contribution in [2.45, 2.75) is 26.1 Å². The highest BCUT2D eigenvalue weighted by Crippen LogP contribution is 2.30. The lowest BCUT2D eigenvalue weighted by Gasteiger charge is -2.24. The number of ether oxygens (including phenoxy) is 6. The molecule has 0 heterocycles. The summed E-state index contributed by atoms with van der Waals surface area (Å²) >= 11 is 2.04. The van der Waals surface area contributed by atoms with E-state index < -0.39 is 48.0 Å². The highest BCUT2D eigenvalue weighted by molar-refractivity contribution is 14.1. The molecule has 3 rings (SSSR count). The zero-order valence-electron chi connectivity index (χ0n) is 24.2. The second kappa shape index (κ2) is 15.5. The molecule has 3 aromatic carbocycles. The molecular weight excluding hydrogens is 709 g/mol. The Labute approximate surface area is 269 Å². The quantitative estimate of drug-likeness (QED) is 0.156. The van der Waals surface area contributed by atoms with E-state index in [0.717, 1.165) is 29.6 Å². The fourth-order valence-electron chi connectivity index (χ4n) is 3.68. The molecular formula is C30H26INO13. The van der Waals surface area contributed by atoms with Crippen LogP contribution in [0.4, 0.5) is 5.69 Å². The standard InChI is InChI=1S/C30H26INO13/c1-15(33)42-21-11-5-17(13-23(21)40-3)29(38)44-25(27(35)32-20-9-7-19(31)8-10-20)26(28(36)37)45-30(39)18-6-12-22(43-16(2)34)24(14-18)41-4/h5-14,25-26H,1-4H3,(H,32,35)(H,36,37)/t25-,26-/m0/s1. The maximum absolute atomic E-state index is 13.4. The first kappa shape index (κ1) is 34.3. The summed E-state index contributed by atoms with van der Waals surface area (Å²) in [5.74, 6) is -6.79. The van der Waals surface area contributed by atoms with Crippen LogP contribution in [-0.2, 0) is 28.7 Å². The fraction of sp³-hybridized carbons (Fsp3) is 0.200. The number of anilines is 1. The molecule has 15 heteroatoms. The molecule has 0 saturated heterocycles. The molecule has 14 nitrogen and oxygen atoms in total. The lowest BCUT2D eigenvalue weighted by Crippen LogP contribution is -2.48. The van der Waals surface area contributed by atoms with E-state index in [-0.39, 0.29) is 39.8 Å². The van der Waals surface area contributed by atoms with Crippen LogP contribution >= 0.6 is 22.6 Å². The molecule has 0 aromatic heterocycles. The normalized spacial score (nSPS) is 11.7. The number of amides is 1. The van der Waals surface area contributed by atoms with Crippen molar-refractivity contribution in [3.8, 4) is 23.0 Å². The predicted molar refractivity (Wildman–Crippen MR) is 162 cm³/mol. The Morgan fingerprint density at radius 1 is 0.667 bits per heavy atom. The van der Waals surface area contributed by atoms with Crippen LogP contribution < -0.4 is 24.3 Å². The number of rotatable bonds is 12. The van der Waals surface area contributed by atoms with Crippen LogP contribution in [0, 0.1) is 3.57 Å². The zero-order chi connectivity index (χ0) is 33.3. The van der Waals surface area contributed by atoms with E-state index in [0.29, 0.717) is 0 Å². The summed E-state index contributed by atoms with van der Waals surface area (Å²) in [4.78, 5) is 74.7. The minimum Gasteiger partial charge on any atom is -0.493 e. The third kappa shape index (κ3) is 9.40. The number of benzene rings is 3. The minimum absolute atomic E-state index is 0.0120. The zero-order valence-corrected chi connectivity index (χ0v) is 26.3. The molecule has 0 bridgehead atoms. The van der Waals surface area contributed by atoms with Gasteiger partial charge in [0.1, 0.15) is 0 Å². The van der Waals surface area contributed by atoms with Crippen molar-refractivity contribution in [1.29, 1.82) is 0 Å². The molecule has 0 spiro atoms. The number of methoxy groups -OCH3 is 2. The minimum atomic E-state index is -2.34. The Morgan fingerprint density at radius 2 is 1.11 bits per heavy atom. The van der Waals surface area contributed by atoms with Crippen molar-refractivity contribution >= 4 is 64.0 Å². The maximum Gasteiger partial charge on any atom is 0.349 e. The maximum atomic E-state index is 13.4. The van der Waals surface area contributed by atoms with E-state index in [4.69, 9.17) is 28.4 Å². The van der Waals surface area contributed by atoms with E-state index in [2.05, 4.69) is 5.32 Å². The van der Waals surface area contributed by atoms with Gasteiger partial charge in [0.25, 0.3) is 5.91 Å². The number of hydrogen-bond acceptors (Lipinski definition) is 12. The molecule has 236 valence electrons. The first-order chi connectivity index (χ1) is 21.3. The third-order valence-electron chi connectivity index (χ3n) is 5.66. The van der Waals surface area contributed by atoms with Crippen LogP contribution in [-0.4, -0.2) is 67.3 Å². The summed E-state index contributed by atoms with van der Waals surface area (Å²) in [5, 5.41) is 12.5. The van der Waals surface area contributed by atoms with Gasteiger partial charge in [-0.15, -0.1) is 0 Å². The average molecular weight is 735 g/mol. The molecule has 1 amide bonds. The number of carbonyl (C=O) groups is 6. The van der Waals surface area contributed by atoms with Crippen LogP contribution in [0.2, 0.25) is 0 Å². The number of halogens is 1. The van der Waals surface area contributed by atoms with Gasteiger partial charge in [-0.25, -0.2) is 14.4 Å². The number of esters is 4. The van der Waals surface area contributed by atoms with Gasteiger partial charge in [-0.05, 0) is 83.3 Å². The molecule has 0 radical (unpaired) electrons. The van der Waals surface area contributed by atoms with Gasteiger partial charge in [-0.3, -0.25) is 14.4 Å². The van der Waals surface area contributed by atoms with Crippen molar-refractivity contribution in [2.24, 2.45) is 0 Å². The van der Waals surface area contributed by atoms with Crippen LogP contribution in [0.15, 0.2) is 60.7 Å². The summed E-state index contributed by atoms with van der Waals surface area (Å²) in [6.45, 7) is 2.32. The largest absolute Gasteiger partial charge is 0.493 e. The lowest BCUT2D eigenvalue weighted by molar-refractivity contribution is -0.157. The summed E-state index contributed by atoms with van der Waals surface area (Å²) < 4.78 is 31.6. The highest BCUT2D eigenvalue weighted by atomic mass is 127. The van der Waals surface area contributed by atoms with Crippen molar-refractivity contribution in [2.75, 3.05) is 19.5 Å². The van der Waals surface area contributed by atoms with Crippen LogP contribution in [0.5, 0.6) is 23.0 Å². The molecule has 0 fully saturated rings. The molecule has 0 unspecified atom stereocenters. The van der Waals surface area contributed by atoms with E-state index >= 15 is 0 Å².